The number of hydrogen-bond acceptors (Lipinski definition) is 14. The van der Waals surface area contributed by atoms with Crippen molar-refractivity contribution < 1.29 is 24.3 Å². The van der Waals surface area contributed by atoms with E-state index in [0.717, 1.165) is 49.9 Å². The molecule has 10 rings (SSSR count). The van der Waals surface area contributed by atoms with Crippen molar-refractivity contribution in [2.75, 3.05) is 22.7 Å². The molecule has 4 heterocycles. The second-order valence-electron chi connectivity index (χ2n) is 16.1. The van der Waals surface area contributed by atoms with Gasteiger partial charge in [0.15, 0.2) is 10.8 Å². The van der Waals surface area contributed by atoms with E-state index in [9.17, 15) is 14.7 Å². The van der Waals surface area contributed by atoms with Gasteiger partial charge in [0.2, 0.25) is 10.8 Å². The van der Waals surface area contributed by atoms with E-state index in [4.69, 9.17) is 20.8 Å². The van der Waals surface area contributed by atoms with Crippen LogP contribution < -0.4 is 16.5 Å². The molecule has 348 valence electrons. The fraction of sp³-hybridized carbons (Fsp3) is 0.115. The average Bonchev–Trinajstić information content (AvgIpc) is 4.06. The Morgan fingerprint density at radius 2 is 1.24 bits per heavy atom. The highest BCUT2D eigenvalue weighted by Gasteiger charge is 2.54. The van der Waals surface area contributed by atoms with E-state index >= 15 is 4.79 Å². The SMILES string of the molecule is Nn1nnnc1SCC1=C(C(=O)O)N2C(=O)[C@@H](NC(=O)/C(=N\OC(c3ccccc3)(c3ccccc3)c3ccccc3)c3csc(NC(c4ccccc4)(c4ccccc4)c4ccccc4)n3)[C@H]2SC1. The lowest BCUT2D eigenvalue weighted by molar-refractivity contribution is -0.150. The summed E-state index contributed by atoms with van der Waals surface area (Å²) in [6, 6.07) is 58.0. The second kappa shape index (κ2) is 19.9. The van der Waals surface area contributed by atoms with Crippen LogP contribution in [0.2, 0.25) is 0 Å². The van der Waals surface area contributed by atoms with Gasteiger partial charge < -0.3 is 26.4 Å². The number of tetrazole rings is 1. The van der Waals surface area contributed by atoms with E-state index in [1.165, 1.54) is 28.0 Å². The third-order valence-electron chi connectivity index (χ3n) is 12.1. The standard InChI is InChI=1S/C52H42N10O5S3/c53-62-50(57-59-60-62)70-32-34-31-68-47-43(46(64)61(47)44(34)48(65)66)55-45(63)42(58-67-52(38-25-13-4-14-26-38,39-27-15-5-16-28-39)40-29-17-6-18-30-40)41-33-69-49(54-41)56-51(35-19-7-1-8-20-35,36-21-9-2-10-22-36)37-23-11-3-12-24-37/h1-30,33,43,47H,31-32,53H2,(H,54,56)(H,55,63)(H,65,66)/b58-42-/t43-,47-/m1/s1. The molecule has 18 heteroatoms. The van der Waals surface area contributed by atoms with Crippen LogP contribution in [0.5, 0.6) is 0 Å². The Bertz CT molecular complexity index is 3010. The number of rotatable bonds is 17. The number of hydrogen-bond donors (Lipinski definition) is 4. The molecular weight excluding hydrogens is 941 g/mol. The number of carbonyl (C=O) groups excluding carboxylic acids is 2. The number of β-lactam (4-membered cyclic amide) rings is 1. The highest BCUT2D eigenvalue weighted by molar-refractivity contribution is 8.01. The first-order chi connectivity index (χ1) is 34.3. The second-order valence-corrected chi connectivity index (χ2v) is 19.0. The predicted octanol–water partition coefficient (Wildman–Crippen LogP) is 7.49. The molecule has 15 nitrogen and oxygen atoms in total. The molecule has 2 aliphatic heterocycles. The summed E-state index contributed by atoms with van der Waals surface area (Å²) in [5.41, 5.74) is 3.04. The molecule has 2 aliphatic rings. The van der Waals surface area contributed by atoms with Crippen molar-refractivity contribution in [3.63, 3.8) is 0 Å². The number of nitrogen functional groups attached to an aromatic ring is 1. The third kappa shape index (κ3) is 8.56. The number of nitrogens with one attached hydrogen (secondary N) is 2. The van der Waals surface area contributed by atoms with Gasteiger partial charge in [-0.15, -0.1) is 27.9 Å². The zero-order valence-corrected chi connectivity index (χ0v) is 39.4. The van der Waals surface area contributed by atoms with Gasteiger partial charge in [0.1, 0.15) is 28.3 Å². The van der Waals surface area contributed by atoms with Crippen molar-refractivity contribution in [1.82, 2.24) is 35.5 Å². The Hall–Kier alpha value is -8.06. The van der Waals surface area contributed by atoms with E-state index in [0.29, 0.717) is 10.7 Å². The largest absolute Gasteiger partial charge is 0.477 e. The van der Waals surface area contributed by atoms with Crippen molar-refractivity contribution in [3.05, 3.63) is 238 Å². The Morgan fingerprint density at radius 3 is 1.70 bits per heavy atom. The van der Waals surface area contributed by atoms with Crippen molar-refractivity contribution in [1.29, 1.82) is 0 Å². The summed E-state index contributed by atoms with van der Waals surface area (Å²) in [7, 11) is 0. The molecule has 0 bridgehead atoms. The molecule has 0 radical (unpaired) electrons. The fourth-order valence-corrected chi connectivity index (χ4v) is 11.8. The minimum Gasteiger partial charge on any atom is -0.477 e. The van der Waals surface area contributed by atoms with Gasteiger partial charge in [-0.05, 0) is 32.7 Å². The minimum absolute atomic E-state index is 0.160. The topological polar surface area (TPSA) is 203 Å². The number of anilines is 1. The summed E-state index contributed by atoms with van der Waals surface area (Å²) in [6.45, 7) is 0. The van der Waals surface area contributed by atoms with Crippen LogP contribution in [0.4, 0.5) is 5.13 Å². The fourth-order valence-electron chi connectivity index (χ4n) is 8.81. The van der Waals surface area contributed by atoms with Crippen LogP contribution in [0, 0.1) is 0 Å². The lowest BCUT2D eigenvalue weighted by Crippen LogP contribution is -2.71. The lowest BCUT2D eigenvalue weighted by atomic mass is 9.77. The van der Waals surface area contributed by atoms with Crippen LogP contribution in [-0.4, -0.2) is 81.7 Å². The van der Waals surface area contributed by atoms with E-state index in [-0.39, 0.29) is 33.8 Å². The maximum atomic E-state index is 15.1. The van der Waals surface area contributed by atoms with E-state index in [1.807, 2.05) is 146 Å². The molecule has 2 aromatic heterocycles. The zero-order chi connectivity index (χ0) is 48.1. The number of amides is 2. The number of carboxylic acids is 1. The molecule has 5 N–H and O–H groups in total. The lowest BCUT2D eigenvalue weighted by Gasteiger charge is -2.49. The number of thioether (sulfide) groups is 2. The molecule has 1 fully saturated rings. The first-order valence-electron chi connectivity index (χ1n) is 22.0. The molecule has 8 aromatic rings. The van der Waals surface area contributed by atoms with Crippen LogP contribution in [0.15, 0.2) is 209 Å². The van der Waals surface area contributed by atoms with Crippen molar-refractivity contribution >= 4 is 63.5 Å². The number of benzene rings is 6. The number of oxime groups is 1. The van der Waals surface area contributed by atoms with Crippen LogP contribution in [0.1, 0.15) is 39.1 Å². The number of nitrogens with two attached hydrogens (primary N) is 1. The third-order valence-corrected chi connectivity index (χ3v) is 15.2. The molecule has 0 aliphatic carbocycles. The van der Waals surface area contributed by atoms with Gasteiger partial charge in [-0.3, -0.25) is 14.5 Å². The summed E-state index contributed by atoms with van der Waals surface area (Å²) in [5.74, 6) is 3.59. The van der Waals surface area contributed by atoms with E-state index < -0.39 is 40.3 Å². The van der Waals surface area contributed by atoms with Crippen LogP contribution in [0.25, 0.3) is 0 Å². The van der Waals surface area contributed by atoms with Crippen LogP contribution >= 0.6 is 34.9 Å². The number of aromatic nitrogens is 5. The van der Waals surface area contributed by atoms with Gasteiger partial charge in [-0.1, -0.05) is 204 Å². The minimum atomic E-state index is -1.37. The molecule has 0 spiro atoms. The maximum absolute atomic E-state index is 15.1. The highest BCUT2D eigenvalue weighted by Crippen LogP contribution is 2.44. The first kappa shape index (κ1) is 45.7. The molecule has 2 amide bonds. The van der Waals surface area contributed by atoms with Crippen molar-refractivity contribution in [2.45, 2.75) is 27.7 Å². The van der Waals surface area contributed by atoms with E-state index in [2.05, 4.69) is 62.6 Å². The zero-order valence-electron chi connectivity index (χ0n) is 37.0. The Labute approximate surface area is 414 Å². The highest BCUT2D eigenvalue weighted by atomic mass is 32.2. The van der Waals surface area contributed by atoms with Crippen molar-refractivity contribution in [3.8, 4) is 0 Å². The summed E-state index contributed by atoms with van der Waals surface area (Å²) in [4.78, 5) is 56.1. The molecule has 2 atom stereocenters. The first-order valence-corrected chi connectivity index (χ1v) is 24.9. The van der Waals surface area contributed by atoms with Gasteiger partial charge >= 0.3 is 5.97 Å². The average molecular weight is 983 g/mol. The number of thiazole rings is 1. The number of nitrogens with zero attached hydrogens (tertiary/aromatic N) is 7. The van der Waals surface area contributed by atoms with Gasteiger partial charge in [-0.25, -0.2) is 9.78 Å². The molecule has 6 aromatic carbocycles. The number of fused-ring (bicyclic) bond motifs is 1. The summed E-state index contributed by atoms with van der Waals surface area (Å²) < 4.78 is 0. The number of carboxylic acid groups (broad SMARTS) is 1. The Balaban J connectivity index is 1.06. The summed E-state index contributed by atoms with van der Waals surface area (Å²) in [6.07, 6.45) is 0. The monoisotopic (exact) mass is 982 g/mol. The molecule has 1 saturated heterocycles. The number of aliphatic carboxylic acids is 1. The summed E-state index contributed by atoms with van der Waals surface area (Å²) >= 11 is 3.76. The Morgan fingerprint density at radius 1 is 0.757 bits per heavy atom. The Kier molecular flexibility index (Phi) is 13.0. The normalized spacial score (nSPS) is 16.0. The van der Waals surface area contributed by atoms with Gasteiger partial charge in [0, 0.05) is 33.6 Å². The maximum Gasteiger partial charge on any atom is 0.352 e. The molecule has 0 saturated carbocycles. The van der Waals surface area contributed by atoms with Gasteiger partial charge in [0.25, 0.3) is 11.8 Å². The van der Waals surface area contributed by atoms with E-state index in [1.54, 1.807) is 5.38 Å². The van der Waals surface area contributed by atoms with Gasteiger partial charge in [-0.2, -0.15) is 0 Å². The van der Waals surface area contributed by atoms with Crippen LogP contribution in [0.3, 0.4) is 0 Å². The summed E-state index contributed by atoms with van der Waals surface area (Å²) in [5, 5.41) is 34.7. The molecular formula is C52H42N10O5S3. The predicted molar refractivity (Wildman–Crippen MR) is 270 cm³/mol. The molecule has 0 unspecified atom stereocenters. The smallest absolute Gasteiger partial charge is 0.352 e. The van der Waals surface area contributed by atoms with Crippen LogP contribution in [-0.2, 0) is 30.4 Å². The van der Waals surface area contributed by atoms with Gasteiger partial charge in [0.05, 0.1) is 0 Å². The van der Waals surface area contributed by atoms with Crippen molar-refractivity contribution in [2.24, 2.45) is 5.16 Å². The number of carbonyl (C=O) groups is 3. The quantitative estimate of drug-likeness (QED) is 0.0175. The molecule has 70 heavy (non-hydrogen) atoms.